The molecule has 0 radical (unpaired) electrons. The average molecular weight is 243 g/mol. The zero-order valence-corrected chi connectivity index (χ0v) is 8.79. The van der Waals surface area contributed by atoms with Gasteiger partial charge in [0, 0.05) is 6.54 Å². The summed E-state index contributed by atoms with van der Waals surface area (Å²) in [5.74, 6) is 0.219. The van der Waals surface area contributed by atoms with E-state index in [9.17, 15) is 8.42 Å². The van der Waals surface area contributed by atoms with Crippen LogP contribution in [0.2, 0.25) is 5.15 Å². The third-order valence-corrected chi connectivity index (χ3v) is 2.79. The molecule has 9 heteroatoms. The number of sulfonamides is 1. The van der Waals surface area contributed by atoms with E-state index in [-0.39, 0.29) is 17.5 Å². The number of primary sulfonamides is 1. The highest BCUT2D eigenvalue weighted by molar-refractivity contribution is 7.89. The smallest absolute Gasteiger partial charge is 0.210 e. The van der Waals surface area contributed by atoms with E-state index >= 15 is 0 Å². The number of rotatable bonds is 4. The molecule has 0 fully saturated rings. The summed E-state index contributed by atoms with van der Waals surface area (Å²) in [6.45, 7) is 0.171. The molecule has 0 aromatic carbocycles. The van der Waals surface area contributed by atoms with Crippen LogP contribution in [0.5, 0.6) is 0 Å². The van der Waals surface area contributed by atoms with Crippen molar-refractivity contribution in [3.05, 3.63) is 5.15 Å². The molecule has 0 unspecified atom stereocenters. The van der Waals surface area contributed by atoms with Crippen molar-refractivity contribution < 1.29 is 8.42 Å². The first kappa shape index (κ1) is 10.6. The molecule has 0 aliphatic carbocycles. The van der Waals surface area contributed by atoms with Gasteiger partial charge in [0.1, 0.15) is 0 Å². The molecular formula is C4H7ClN4O2S2. The number of nitrogens with two attached hydrogens (primary N) is 1. The molecule has 0 aliphatic rings. The van der Waals surface area contributed by atoms with Gasteiger partial charge in [0.25, 0.3) is 0 Å². The Labute approximate surface area is 84.5 Å². The Balaban J connectivity index is 2.41. The fourth-order valence-electron chi connectivity index (χ4n) is 0.595. The molecule has 0 aliphatic heterocycles. The zero-order chi connectivity index (χ0) is 9.90. The van der Waals surface area contributed by atoms with Crippen LogP contribution in [0.3, 0.4) is 0 Å². The van der Waals surface area contributed by atoms with Gasteiger partial charge in [0.15, 0.2) is 11.0 Å². The lowest BCUT2D eigenvalue weighted by Crippen LogP contribution is -2.22. The molecule has 0 saturated carbocycles. The molecule has 6 nitrogen and oxygen atoms in total. The second kappa shape index (κ2) is 4.18. The van der Waals surface area contributed by atoms with Crippen LogP contribution in [0.1, 0.15) is 0 Å². The minimum absolute atomic E-state index is 0.166. The largest absolute Gasteiger partial charge is 0.366 e. The number of hydrogen-bond donors (Lipinski definition) is 2. The van der Waals surface area contributed by atoms with E-state index in [2.05, 4.69) is 14.1 Å². The van der Waals surface area contributed by atoms with Crippen LogP contribution < -0.4 is 10.5 Å². The summed E-state index contributed by atoms with van der Waals surface area (Å²) in [5, 5.41) is 7.71. The number of halogens is 1. The van der Waals surface area contributed by atoms with Crippen molar-refractivity contribution in [2.75, 3.05) is 17.6 Å². The van der Waals surface area contributed by atoms with Crippen molar-refractivity contribution in [3.63, 3.8) is 0 Å². The van der Waals surface area contributed by atoms with Crippen LogP contribution >= 0.6 is 23.3 Å². The Morgan fingerprint density at radius 3 is 2.69 bits per heavy atom. The predicted octanol–water partition coefficient (Wildman–Crippen LogP) is -0.108. The highest BCUT2D eigenvalue weighted by Gasteiger charge is 2.06. The topological polar surface area (TPSA) is 98.0 Å². The first-order chi connectivity index (χ1) is 5.99. The highest BCUT2D eigenvalue weighted by Crippen LogP contribution is 2.16. The summed E-state index contributed by atoms with van der Waals surface area (Å²) in [5.41, 5.74) is 0. The van der Waals surface area contributed by atoms with Crippen molar-refractivity contribution in [2.24, 2.45) is 5.14 Å². The molecule has 0 spiro atoms. The van der Waals surface area contributed by atoms with E-state index < -0.39 is 10.0 Å². The summed E-state index contributed by atoms with van der Waals surface area (Å²) >= 11 is 6.53. The normalized spacial score (nSPS) is 11.5. The number of nitrogens with one attached hydrogen (secondary N) is 1. The van der Waals surface area contributed by atoms with E-state index in [1.54, 1.807) is 0 Å². The Bertz CT molecular complexity index is 375. The van der Waals surface area contributed by atoms with Crippen LogP contribution in [0, 0.1) is 0 Å². The zero-order valence-electron chi connectivity index (χ0n) is 6.40. The Morgan fingerprint density at radius 2 is 2.23 bits per heavy atom. The van der Waals surface area contributed by atoms with Crippen molar-refractivity contribution in [1.29, 1.82) is 0 Å². The fourth-order valence-corrected chi connectivity index (χ4v) is 1.66. The Hall–Kier alpha value is -0.440. The van der Waals surface area contributed by atoms with Gasteiger partial charge in [-0.25, -0.2) is 13.6 Å². The van der Waals surface area contributed by atoms with Gasteiger partial charge in [-0.1, -0.05) is 11.6 Å². The number of anilines is 1. The van der Waals surface area contributed by atoms with Crippen LogP contribution in [-0.4, -0.2) is 29.5 Å². The van der Waals surface area contributed by atoms with E-state index in [4.69, 9.17) is 16.7 Å². The molecule has 1 aromatic rings. The fraction of sp³-hybridized carbons (Fsp3) is 0.500. The molecule has 1 heterocycles. The first-order valence-electron chi connectivity index (χ1n) is 3.21. The second-order valence-electron chi connectivity index (χ2n) is 2.20. The van der Waals surface area contributed by atoms with E-state index in [1.807, 2.05) is 0 Å². The van der Waals surface area contributed by atoms with Crippen molar-refractivity contribution >= 4 is 39.2 Å². The molecule has 1 aromatic heterocycles. The lowest BCUT2D eigenvalue weighted by atomic mass is 10.6. The average Bonchev–Trinajstić information content (AvgIpc) is 2.34. The van der Waals surface area contributed by atoms with Gasteiger partial charge in [-0.05, 0) is 0 Å². The van der Waals surface area contributed by atoms with Gasteiger partial charge in [-0.3, -0.25) is 0 Å². The lowest BCUT2D eigenvalue weighted by molar-refractivity contribution is 0.598. The van der Waals surface area contributed by atoms with Crippen LogP contribution in [0.15, 0.2) is 0 Å². The van der Waals surface area contributed by atoms with E-state index in [0.29, 0.717) is 5.82 Å². The van der Waals surface area contributed by atoms with E-state index in [0.717, 1.165) is 11.7 Å². The SMILES string of the molecule is NS(=O)(=O)CCNc1nsnc1Cl. The minimum atomic E-state index is -3.44. The van der Waals surface area contributed by atoms with Crippen LogP contribution in [0.4, 0.5) is 5.82 Å². The Morgan fingerprint density at radius 1 is 1.54 bits per heavy atom. The molecule has 0 bridgehead atoms. The molecule has 1 rings (SSSR count). The van der Waals surface area contributed by atoms with Gasteiger partial charge < -0.3 is 5.32 Å². The molecule has 0 saturated heterocycles. The maximum Gasteiger partial charge on any atom is 0.210 e. The monoisotopic (exact) mass is 242 g/mol. The standard InChI is InChI=1S/C4H7ClN4O2S2/c5-3-4(9-12-8-3)7-1-2-13(6,10)11/h1-2H2,(H,7,9)(H2,6,10,11). The van der Waals surface area contributed by atoms with Gasteiger partial charge >= 0.3 is 0 Å². The predicted molar refractivity (Wildman–Crippen MR) is 51.4 cm³/mol. The Kier molecular flexibility index (Phi) is 3.42. The number of hydrogen-bond acceptors (Lipinski definition) is 6. The van der Waals surface area contributed by atoms with Gasteiger partial charge in [-0.2, -0.15) is 8.75 Å². The molecule has 3 N–H and O–H groups in total. The molecule has 0 atom stereocenters. The van der Waals surface area contributed by atoms with E-state index in [1.165, 1.54) is 0 Å². The number of nitrogens with zero attached hydrogens (tertiary/aromatic N) is 2. The lowest BCUT2D eigenvalue weighted by Gasteiger charge is -2.00. The second-order valence-corrected chi connectivity index (χ2v) is 4.82. The van der Waals surface area contributed by atoms with Gasteiger partial charge in [0.2, 0.25) is 10.0 Å². The summed E-state index contributed by atoms with van der Waals surface area (Å²) in [6.07, 6.45) is 0. The molecular weight excluding hydrogens is 236 g/mol. The third kappa shape index (κ3) is 3.85. The maximum absolute atomic E-state index is 10.5. The van der Waals surface area contributed by atoms with Crippen molar-refractivity contribution in [2.45, 2.75) is 0 Å². The summed E-state index contributed by atoms with van der Waals surface area (Å²) in [4.78, 5) is 0. The van der Waals surface area contributed by atoms with Gasteiger partial charge in [0.05, 0.1) is 17.5 Å². The van der Waals surface area contributed by atoms with Crippen LogP contribution in [0.25, 0.3) is 0 Å². The molecule has 74 valence electrons. The van der Waals surface area contributed by atoms with Crippen LogP contribution in [-0.2, 0) is 10.0 Å². The first-order valence-corrected chi connectivity index (χ1v) is 6.04. The quantitative estimate of drug-likeness (QED) is 0.768. The van der Waals surface area contributed by atoms with Crippen molar-refractivity contribution in [3.8, 4) is 0 Å². The summed E-state index contributed by atoms with van der Waals surface area (Å²) in [7, 11) is -3.44. The molecule has 0 amide bonds. The highest BCUT2D eigenvalue weighted by atomic mass is 35.5. The maximum atomic E-state index is 10.5. The van der Waals surface area contributed by atoms with Gasteiger partial charge in [-0.15, -0.1) is 0 Å². The van der Waals surface area contributed by atoms with Crippen molar-refractivity contribution in [1.82, 2.24) is 8.75 Å². The summed E-state index contributed by atoms with van der Waals surface area (Å²) < 4.78 is 28.5. The minimum Gasteiger partial charge on any atom is -0.366 e. The molecule has 13 heavy (non-hydrogen) atoms. The number of aromatic nitrogens is 2. The third-order valence-electron chi connectivity index (χ3n) is 1.13. The summed E-state index contributed by atoms with van der Waals surface area (Å²) in [6, 6.07) is 0.